The van der Waals surface area contributed by atoms with Gasteiger partial charge in [-0.1, -0.05) is 49.8 Å². The van der Waals surface area contributed by atoms with Crippen LogP contribution in [-0.2, 0) is 0 Å². The first-order valence-electron chi connectivity index (χ1n) is 11.4. The fraction of sp³-hybridized carbons (Fsp3) is 0.680. The molecule has 0 aliphatic heterocycles. The molecule has 0 bridgehead atoms. The van der Waals surface area contributed by atoms with Crippen LogP contribution in [0.25, 0.3) is 5.57 Å². The molecule has 3 heteroatoms. The fourth-order valence-corrected chi connectivity index (χ4v) is 6.40. The highest BCUT2D eigenvalue weighted by atomic mass is 35.5. The van der Waals surface area contributed by atoms with Crippen molar-refractivity contribution in [2.75, 3.05) is 7.11 Å². The highest BCUT2D eigenvalue weighted by molar-refractivity contribution is 6.32. The summed E-state index contributed by atoms with van der Waals surface area (Å²) in [5.41, 5.74) is 1.78. The summed E-state index contributed by atoms with van der Waals surface area (Å²) in [6.07, 6.45) is 18.6. The summed E-state index contributed by atoms with van der Waals surface area (Å²) in [4.78, 5) is 0. The lowest BCUT2D eigenvalue weighted by Crippen LogP contribution is -2.27. The third-order valence-electron chi connectivity index (χ3n) is 7.86. The first-order chi connectivity index (χ1) is 13.7. The van der Waals surface area contributed by atoms with Gasteiger partial charge in [0.2, 0.25) is 0 Å². The monoisotopic (exact) mass is 404 g/mol. The van der Waals surface area contributed by atoms with Crippen LogP contribution in [0.1, 0.15) is 82.6 Å². The van der Waals surface area contributed by atoms with Gasteiger partial charge in [-0.15, -0.1) is 0 Å². The summed E-state index contributed by atoms with van der Waals surface area (Å²) in [5.74, 6) is 3.76. The Bertz CT molecular complexity index is 699. The van der Waals surface area contributed by atoms with Crippen molar-refractivity contribution in [3.05, 3.63) is 34.6 Å². The number of hydrogen-bond acceptors (Lipinski definition) is 1. The Kier molecular flexibility index (Phi) is 6.66. The van der Waals surface area contributed by atoms with Crippen LogP contribution in [0.5, 0.6) is 5.75 Å². The van der Waals surface area contributed by atoms with Gasteiger partial charge in [-0.05, 0) is 86.3 Å². The Hall–Kier alpha value is -1.02. The van der Waals surface area contributed by atoms with E-state index in [0.29, 0.717) is 11.3 Å². The maximum atomic E-state index is 14.7. The van der Waals surface area contributed by atoms with Crippen molar-refractivity contribution in [1.29, 1.82) is 0 Å². The van der Waals surface area contributed by atoms with E-state index in [-0.39, 0.29) is 10.8 Å². The molecule has 4 rings (SSSR count). The van der Waals surface area contributed by atoms with Gasteiger partial charge in [0.15, 0.2) is 5.82 Å². The molecule has 0 radical (unpaired) electrons. The molecule has 2 saturated carbocycles. The number of ether oxygens (including phenoxy) is 1. The molecule has 0 heterocycles. The second kappa shape index (κ2) is 9.20. The molecule has 1 unspecified atom stereocenters. The maximum absolute atomic E-state index is 14.7. The first kappa shape index (κ1) is 20.3. The molecule has 2 fully saturated rings. The van der Waals surface area contributed by atoms with E-state index in [4.69, 9.17) is 16.3 Å². The zero-order chi connectivity index (χ0) is 19.5. The van der Waals surface area contributed by atoms with E-state index in [9.17, 15) is 4.39 Å². The Balaban J connectivity index is 1.34. The van der Waals surface area contributed by atoms with E-state index in [1.807, 2.05) is 6.07 Å². The van der Waals surface area contributed by atoms with Crippen molar-refractivity contribution < 1.29 is 9.13 Å². The molecule has 0 spiro atoms. The lowest BCUT2D eigenvalue weighted by Gasteiger charge is -2.39. The quantitative estimate of drug-likeness (QED) is 0.493. The molecule has 154 valence electrons. The Morgan fingerprint density at radius 2 is 1.50 bits per heavy atom. The zero-order valence-corrected chi connectivity index (χ0v) is 17.9. The summed E-state index contributed by atoms with van der Waals surface area (Å²) in [7, 11) is 1.52. The van der Waals surface area contributed by atoms with Crippen LogP contribution in [0.4, 0.5) is 4.39 Å². The average molecular weight is 405 g/mol. The summed E-state index contributed by atoms with van der Waals surface area (Å²) in [6.45, 7) is 0. The minimum absolute atomic E-state index is 0.101. The second-order valence-electron chi connectivity index (χ2n) is 9.28. The van der Waals surface area contributed by atoms with E-state index >= 15 is 0 Å². The van der Waals surface area contributed by atoms with Crippen molar-refractivity contribution in [1.82, 2.24) is 0 Å². The van der Waals surface area contributed by atoms with Crippen LogP contribution in [-0.4, -0.2) is 7.11 Å². The molecule has 0 N–H and O–H groups in total. The second-order valence-corrected chi connectivity index (χ2v) is 9.66. The summed E-state index contributed by atoms with van der Waals surface area (Å²) < 4.78 is 19.8. The van der Waals surface area contributed by atoms with Crippen LogP contribution in [0, 0.1) is 29.5 Å². The molecule has 0 saturated heterocycles. The van der Waals surface area contributed by atoms with Crippen LogP contribution >= 0.6 is 11.6 Å². The molecule has 3 aliphatic carbocycles. The zero-order valence-electron chi connectivity index (χ0n) is 17.2. The molecule has 0 amide bonds. The number of methoxy groups -OCH3 is 1. The van der Waals surface area contributed by atoms with E-state index in [2.05, 4.69) is 6.08 Å². The lowest BCUT2D eigenvalue weighted by molar-refractivity contribution is 0.135. The van der Waals surface area contributed by atoms with Crippen molar-refractivity contribution in [2.45, 2.75) is 77.0 Å². The maximum Gasteiger partial charge on any atom is 0.153 e. The first-order valence-corrected chi connectivity index (χ1v) is 11.8. The summed E-state index contributed by atoms with van der Waals surface area (Å²) >= 11 is 6.12. The minimum atomic E-state index is -0.335. The number of allylic oxidation sites excluding steroid dienone is 2. The summed E-state index contributed by atoms with van der Waals surface area (Å²) in [6, 6.07) is 3.60. The van der Waals surface area contributed by atoms with Gasteiger partial charge in [0.1, 0.15) is 10.8 Å². The predicted octanol–water partition coefficient (Wildman–Crippen LogP) is 8.06. The number of benzene rings is 1. The van der Waals surface area contributed by atoms with Crippen LogP contribution in [0.2, 0.25) is 5.02 Å². The third kappa shape index (κ3) is 4.27. The van der Waals surface area contributed by atoms with Crippen molar-refractivity contribution in [3.63, 3.8) is 0 Å². The van der Waals surface area contributed by atoms with Crippen molar-refractivity contribution in [3.8, 4) is 5.75 Å². The molecular weight excluding hydrogens is 371 g/mol. The SMILES string of the molecule is COc1ccc(C2=CCC(C3CCC(C4CCCCC4)CC3)CC2)c(F)c1Cl. The van der Waals surface area contributed by atoms with Gasteiger partial charge in [-0.3, -0.25) is 0 Å². The third-order valence-corrected chi connectivity index (χ3v) is 8.22. The molecule has 1 nitrogen and oxygen atoms in total. The van der Waals surface area contributed by atoms with Crippen LogP contribution in [0.15, 0.2) is 18.2 Å². The predicted molar refractivity (Wildman–Crippen MR) is 115 cm³/mol. The smallest absolute Gasteiger partial charge is 0.153 e. The molecular formula is C25H34ClFO. The number of rotatable bonds is 4. The van der Waals surface area contributed by atoms with E-state index in [0.717, 1.165) is 42.1 Å². The Morgan fingerprint density at radius 3 is 2.11 bits per heavy atom. The molecule has 1 aromatic carbocycles. The molecule has 0 aromatic heterocycles. The Labute approximate surface area is 174 Å². The fourth-order valence-electron chi connectivity index (χ4n) is 6.16. The molecule has 28 heavy (non-hydrogen) atoms. The van der Waals surface area contributed by atoms with Gasteiger partial charge in [-0.25, -0.2) is 4.39 Å². The largest absolute Gasteiger partial charge is 0.495 e. The number of hydrogen-bond donors (Lipinski definition) is 0. The van der Waals surface area contributed by atoms with Gasteiger partial charge in [0.25, 0.3) is 0 Å². The molecule has 3 aliphatic rings. The minimum Gasteiger partial charge on any atom is -0.495 e. The lowest BCUT2D eigenvalue weighted by atomic mass is 9.66. The molecule has 1 atom stereocenters. The van der Waals surface area contributed by atoms with Gasteiger partial charge in [-0.2, -0.15) is 0 Å². The van der Waals surface area contributed by atoms with Gasteiger partial charge >= 0.3 is 0 Å². The van der Waals surface area contributed by atoms with Gasteiger partial charge in [0, 0.05) is 5.56 Å². The molecule has 1 aromatic rings. The van der Waals surface area contributed by atoms with Gasteiger partial charge in [0.05, 0.1) is 7.11 Å². The van der Waals surface area contributed by atoms with E-state index in [1.165, 1.54) is 71.3 Å². The normalized spacial score (nSPS) is 29.4. The Morgan fingerprint density at radius 1 is 0.857 bits per heavy atom. The van der Waals surface area contributed by atoms with Gasteiger partial charge < -0.3 is 4.74 Å². The average Bonchev–Trinajstić information content (AvgIpc) is 2.76. The van der Waals surface area contributed by atoms with Crippen molar-refractivity contribution >= 4 is 17.2 Å². The highest BCUT2D eigenvalue weighted by Gasteiger charge is 2.32. The highest BCUT2D eigenvalue weighted by Crippen LogP contribution is 2.45. The van der Waals surface area contributed by atoms with E-state index in [1.54, 1.807) is 6.07 Å². The van der Waals surface area contributed by atoms with E-state index < -0.39 is 0 Å². The standard InChI is InChI=1S/C25H34ClFO/c1-28-23-16-15-22(25(27)24(23)26)21-13-11-20(12-14-21)19-9-7-18(8-10-19)17-5-3-2-4-6-17/h13,15-20H,2-12,14H2,1H3. The van der Waals surface area contributed by atoms with Crippen molar-refractivity contribution in [2.24, 2.45) is 23.7 Å². The number of halogens is 2. The summed E-state index contributed by atoms with van der Waals surface area (Å²) in [5, 5.41) is 0.101. The van der Waals surface area contributed by atoms with Crippen LogP contribution in [0.3, 0.4) is 0 Å². The van der Waals surface area contributed by atoms with Crippen LogP contribution < -0.4 is 4.74 Å². The topological polar surface area (TPSA) is 9.23 Å².